The van der Waals surface area contributed by atoms with Gasteiger partial charge in [0.1, 0.15) is 0 Å². The van der Waals surface area contributed by atoms with Crippen LogP contribution in [0, 0.1) is 0 Å². The van der Waals surface area contributed by atoms with Crippen LogP contribution in [0.5, 0.6) is 0 Å². The smallest absolute Gasteiger partial charge is 0.290 e. The number of halogens is 7. The molecule has 0 aliphatic carbocycles. The molecule has 0 spiro atoms. The van der Waals surface area contributed by atoms with Crippen molar-refractivity contribution in [3.63, 3.8) is 0 Å². The van der Waals surface area contributed by atoms with Gasteiger partial charge in [0.25, 0.3) is 5.03 Å². The largest absolute Gasteiger partial charge is 0.344 e. The molecule has 4 N–H and O–H groups in total. The van der Waals surface area contributed by atoms with Crippen molar-refractivity contribution in [2.45, 2.75) is 25.9 Å². The van der Waals surface area contributed by atoms with Crippen molar-refractivity contribution >= 4 is 104 Å². The number of hydrogen-bond acceptors (Lipinski definition) is 5. The molecule has 0 aliphatic heterocycles. The highest BCUT2D eigenvalue weighted by Gasteiger charge is 2.27. The van der Waals surface area contributed by atoms with Crippen LogP contribution in [-0.4, -0.2) is 23.8 Å². The fourth-order valence-electron chi connectivity index (χ4n) is 2.93. The van der Waals surface area contributed by atoms with Gasteiger partial charge in [-0.15, -0.1) is 10.6 Å². The number of hydrogen-bond donors (Lipinski definition) is 4. The van der Waals surface area contributed by atoms with Gasteiger partial charge in [-0.2, -0.15) is 0 Å². The first-order valence-corrected chi connectivity index (χ1v) is 16.4. The zero-order valence-corrected chi connectivity index (χ0v) is 27.1. The SMILES string of the molecule is ClC(Cl)Cl.O[n+]1ccccc1S(O)(O)Cc1ccc(Cl)c(Cl)c1.O[n+]1ccccc1SCc1ccc(Cl)c(Cl)c1. The van der Waals surface area contributed by atoms with Crippen molar-refractivity contribution < 1.29 is 29.0 Å². The van der Waals surface area contributed by atoms with Crippen molar-refractivity contribution in [3.8, 4) is 0 Å². The first-order chi connectivity index (χ1) is 18.8. The number of pyridine rings is 2. The highest BCUT2D eigenvalue weighted by atomic mass is 35.6. The predicted octanol–water partition coefficient (Wildman–Crippen LogP) is 9.62. The number of rotatable bonds is 6. The molecule has 0 unspecified atom stereocenters. The van der Waals surface area contributed by atoms with Gasteiger partial charge in [-0.1, -0.05) is 93.3 Å². The number of alkyl halides is 3. The molecule has 15 heteroatoms. The van der Waals surface area contributed by atoms with Crippen LogP contribution in [0.1, 0.15) is 11.1 Å². The summed E-state index contributed by atoms with van der Waals surface area (Å²) >= 11 is 39.4. The van der Waals surface area contributed by atoms with Crippen LogP contribution in [0.4, 0.5) is 0 Å². The van der Waals surface area contributed by atoms with Crippen molar-refractivity contribution in [2.24, 2.45) is 0 Å². The van der Waals surface area contributed by atoms with E-state index < -0.39 is 14.9 Å². The molecule has 0 amide bonds. The van der Waals surface area contributed by atoms with Crippen LogP contribution in [-0.2, 0) is 11.5 Å². The molecule has 0 aliphatic rings. The Balaban J connectivity index is 0.000000249. The molecule has 0 atom stereocenters. The number of nitrogens with zero attached hydrogens (tertiary/aromatic N) is 2. The van der Waals surface area contributed by atoms with E-state index in [2.05, 4.69) is 0 Å². The minimum absolute atomic E-state index is 0.0427. The zero-order valence-electron chi connectivity index (χ0n) is 20.2. The van der Waals surface area contributed by atoms with Gasteiger partial charge in [-0.05, 0) is 59.3 Å². The van der Waals surface area contributed by atoms with Crippen LogP contribution in [0.25, 0.3) is 0 Å². The van der Waals surface area contributed by atoms with Gasteiger partial charge in [0.05, 0.1) is 25.8 Å². The minimum Gasteiger partial charge on any atom is -0.290 e. The van der Waals surface area contributed by atoms with Crippen LogP contribution in [0.15, 0.2) is 95.2 Å². The molecule has 0 saturated carbocycles. The van der Waals surface area contributed by atoms with Gasteiger partial charge in [0.2, 0.25) is 12.4 Å². The van der Waals surface area contributed by atoms with Crippen molar-refractivity contribution in [2.75, 3.05) is 0 Å². The first-order valence-electron chi connectivity index (χ1n) is 10.9. The van der Waals surface area contributed by atoms with Gasteiger partial charge in [-0.25, -0.2) is 0 Å². The quantitative estimate of drug-likeness (QED) is 0.0688. The number of aromatic nitrogens is 2. The molecule has 2 aromatic carbocycles. The lowest BCUT2D eigenvalue weighted by molar-refractivity contribution is -0.933. The Morgan fingerprint density at radius 1 is 0.675 bits per heavy atom. The Kier molecular flexibility index (Phi) is 15.1. The second-order valence-electron chi connectivity index (χ2n) is 7.61. The fourth-order valence-corrected chi connectivity index (χ4v) is 5.89. The lowest BCUT2D eigenvalue weighted by Gasteiger charge is -2.27. The Morgan fingerprint density at radius 2 is 1.18 bits per heavy atom. The summed E-state index contributed by atoms with van der Waals surface area (Å²) in [6.45, 7) is 0. The molecule has 0 radical (unpaired) electrons. The van der Waals surface area contributed by atoms with Crippen LogP contribution in [0.2, 0.25) is 20.1 Å². The molecule has 4 aromatic rings. The molecule has 40 heavy (non-hydrogen) atoms. The Labute approximate surface area is 272 Å². The van der Waals surface area contributed by atoms with Gasteiger partial charge in [0, 0.05) is 39.5 Å². The molecular weight excluding hydrogens is 705 g/mol. The summed E-state index contributed by atoms with van der Waals surface area (Å²) < 4.78 is 21.4. The molecule has 2 heterocycles. The summed E-state index contributed by atoms with van der Waals surface area (Å²) in [4.78, 5) is 0. The third-order valence-corrected chi connectivity index (χ3v) is 8.97. The first kappa shape index (κ1) is 35.2. The average Bonchev–Trinajstić information content (AvgIpc) is 2.88. The van der Waals surface area contributed by atoms with Crippen LogP contribution < -0.4 is 9.46 Å². The highest BCUT2D eigenvalue weighted by molar-refractivity contribution is 8.23. The van der Waals surface area contributed by atoms with Crippen molar-refractivity contribution in [1.29, 1.82) is 0 Å². The maximum absolute atomic E-state index is 10.2. The van der Waals surface area contributed by atoms with E-state index in [1.807, 2.05) is 24.3 Å². The fraction of sp³-hybridized carbons (Fsp3) is 0.120. The average molecular weight is 728 g/mol. The molecule has 2 aromatic heterocycles. The molecular formula is C25H23Cl7N2O4S2+2. The normalized spacial score (nSPS) is 11.2. The monoisotopic (exact) mass is 724 g/mol. The Hall–Kier alpha value is -1.01. The van der Waals surface area contributed by atoms with Gasteiger partial charge in [0.15, 0.2) is 4.30 Å². The van der Waals surface area contributed by atoms with E-state index in [0.717, 1.165) is 21.1 Å². The van der Waals surface area contributed by atoms with E-state index >= 15 is 0 Å². The molecule has 0 saturated heterocycles. The second kappa shape index (κ2) is 17.2. The summed E-state index contributed by atoms with van der Waals surface area (Å²) in [5, 5.41) is 21.8. The second-order valence-corrected chi connectivity index (χ2v) is 14.3. The standard InChI is InChI=1S/C12H11Cl2NO3S.C12H10Cl2NOS.CHCl3/c13-10-5-4-9(7-11(10)14)8-19(17,18)12-3-1-2-6-15(12)16;13-10-5-4-9(7-11(10)14)8-17-12-3-1-2-6-15(12)16;2-1(3)4/h1-7H,8H2,(H2-,16,17,18);1-7,16H,8H2;1H/q;+1;/p+1. The van der Waals surface area contributed by atoms with E-state index in [0.29, 0.717) is 30.4 Å². The Bertz CT molecular complexity index is 1400. The maximum Gasteiger partial charge on any atom is 0.344 e. The zero-order chi connectivity index (χ0) is 29.9. The van der Waals surface area contributed by atoms with Gasteiger partial charge in [-0.3, -0.25) is 19.5 Å². The molecule has 4 rings (SSSR count). The third kappa shape index (κ3) is 12.1. The number of benzene rings is 2. The van der Waals surface area contributed by atoms with Crippen LogP contribution in [0.3, 0.4) is 0 Å². The van der Waals surface area contributed by atoms with Crippen molar-refractivity contribution in [3.05, 3.63) is 116 Å². The van der Waals surface area contributed by atoms with Gasteiger partial charge < -0.3 is 0 Å². The minimum atomic E-state index is -3.16. The van der Waals surface area contributed by atoms with E-state index in [4.69, 9.17) is 81.2 Å². The van der Waals surface area contributed by atoms with Crippen molar-refractivity contribution in [1.82, 2.24) is 0 Å². The van der Waals surface area contributed by atoms with E-state index in [1.165, 1.54) is 24.0 Å². The Morgan fingerprint density at radius 3 is 1.70 bits per heavy atom. The van der Waals surface area contributed by atoms with E-state index in [1.54, 1.807) is 48.7 Å². The third-order valence-electron chi connectivity index (χ3n) is 4.66. The summed E-state index contributed by atoms with van der Waals surface area (Å²) in [5.41, 5.74) is 1.69. The summed E-state index contributed by atoms with van der Waals surface area (Å²) in [6.07, 6.45) is 2.93. The maximum atomic E-state index is 10.2. The van der Waals surface area contributed by atoms with E-state index in [9.17, 15) is 19.5 Å². The lowest BCUT2D eigenvalue weighted by Crippen LogP contribution is -2.35. The molecule has 6 nitrogen and oxygen atoms in total. The van der Waals surface area contributed by atoms with E-state index in [-0.39, 0.29) is 10.8 Å². The predicted molar refractivity (Wildman–Crippen MR) is 166 cm³/mol. The summed E-state index contributed by atoms with van der Waals surface area (Å²) in [5.74, 6) is 0.677. The summed E-state index contributed by atoms with van der Waals surface area (Å²) in [7, 11) is -3.16. The molecule has 216 valence electrons. The topological polar surface area (TPSA) is 88.7 Å². The summed E-state index contributed by atoms with van der Waals surface area (Å²) in [6, 6.07) is 20.5. The molecule has 0 fully saturated rings. The highest BCUT2D eigenvalue weighted by Crippen LogP contribution is 2.49. The molecule has 0 bridgehead atoms. The number of thioether (sulfide) groups is 1. The lowest BCUT2D eigenvalue weighted by atomic mass is 10.2. The van der Waals surface area contributed by atoms with Crippen LogP contribution >= 0.6 is 104 Å². The van der Waals surface area contributed by atoms with Gasteiger partial charge >= 0.3 is 5.03 Å².